The predicted molar refractivity (Wildman–Crippen MR) is 135 cm³/mol. The molecule has 174 valence electrons. The van der Waals surface area contributed by atoms with Crippen LogP contribution >= 0.6 is 0 Å². The van der Waals surface area contributed by atoms with E-state index < -0.39 is 5.92 Å². The van der Waals surface area contributed by atoms with Gasteiger partial charge in [0.1, 0.15) is 5.92 Å². The first-order valence-electron chi connectivity index (χ1n) is 11.7. The lowest BCUT2D eigenvalue weighted by Crippen LogP contribution is -2.22. The number of fused-ring (bicyclic) bond motifs is 1. The summed E-state index contributed by atoms with van der Waals surface area (Å²) in [6.45, 7) is 3.31. The van der Waals surface area contributed by atoms with Gasteiger partial charge in [0.25, 0.3) is 0 Å². The molecule has 0 saturated carbocycles. The van der Waals surface area contributed by atoms with Crippen LogP contribution in [0.3, 0.4) is 0 Å². The minimum Gasteiger partial charge on any atom is -0.493 e. The molecule has 1 saturated heterocycles. The number of amides is 1. The van der Waals surface area contributed by atoms with E-state index >= 15 is 0 Å². The number of anilines is 1. The Balaban J connectivity index is 1.53. The van der Waals surface area contributed by atoms with Gasteiger partial charge < -0.3 is 14.8 Å². The summed E-state index contributed by atoms with van der Waals surface area (Å²) in [7, 11) is 3.18. The van der Waals surface area contributed by atoms with Crippen molar-refractivity contribution >= 4 is 23.0 Å². The smallest absolute Gasteiger partial charge is 0.238 e. The number of aliphatic imine (C=N–C) groups is 1. The van der Waals surface area contributed by atoms with Crippen LogP contribution in [0.25, 0.3) is 0 Å². The lowest BCUT2D eigenvalue weighted by Gasteiger charge is -2.16. The molecule has 1 unspecified atom stereocenters. The van der Waals surface area contributed by atoms with Crippen molar-refractivity contribution in [3.8, 4) is 11.5 Å². The van der Waals surface area contributed by atoms with E-state index in [-0.39, 0.29) is 5.91 Å². The van der Waals surface area contributed by atoms with Crippen molar-refractivity contribution in [2.75, 3.05) is 32.6 Å². The van der Waals surface area contributed by atoms with Crippen LogP contribution in [-0.4, -0.2) is 43.8 Å². The van der Waals surface area contributed by atoms with Gasteiger partial charge in [-0.2, -0.15) is 0 Å². The molecule has 0 spiro atoms. The molecule has 0 radical (unpaired) electrons. The van der Waals surface area contributed by atoms with Gasteiger partial charge in [-0.05, 0) is 60.8 Å². The highest BCUT2D eigenvalue weighted by Crippen LogP contribution is 2.42. The third-order valence-corrected chi connectivity index (χ3v) is 6.52. The van der Waals surface area contributed by atoms with Gasteiger partial charge in [0.05, 0.1) is 25.6 Å². The molecule has 3 aromatic rings. The summed E-state index contributed by atoms with van der Waals surface area (Å²) in [5.74, 6) is 0.496. The highest BCUT2D eigenvalue weighted by atomic mass is 16.5. The number of carbonyl (C=O) groups is 1. The first-order valence-corrected chi connectivity index (χ1v) is 11.7. The molecule has 0 aliphatic carbocycles. The zero-order valence-corrected chi connectivity index (χ0v) is 19.6. The van der Waals surface area contributed by atoms with Crippen LogP contribution in [0.2, 0.25) is 0 Å². The summed E-state index contributed by atoms with van der Waals surface area (Å²) in [4.78, 5) is 20.7. The fourth-order valence-electron chi connectivity index (χ4n) is 4.78. The van der Waals surface area contributed by atoms with Gasteiger partial charge in [0, 0.05) is 18.3 Å². The molecule has 5 rings (SSSR count). The average molecular weight is 456 g/mol. The summed E-state index contributed by atoms with van der Waals surface area (Å²) in [6.07, 6.45) is 2.56. The average Bonchev–Trinajstić information content (AvgIpc) is 3.49. The topological polar surface area (TPSA) is 63.2 Å². The van der Waals surface area contributed by atoms with Crippen LogP contribution in [0.15, 0.2) is 71.7 Å². The second kappa shape index (κ2) is 9.69. The highest BCUT2D eigenvalue weighted by Gasteiger charge is 2.36. The fourth-order valence-corrected chi connectivity index (χ4v) is 4.78. The van der Waals surface area contributed by atoms with Crippen LogP contribution in [0.5, 0.6) is 11.5 Å². The van der Waals surface area contributed by atoms with Gasteiger partial charge >= 0.3 is 0 Å². The monoisotopic (exact) mass is 455 g/mol. The summed E-state index contributed by atoms with van der Waals surface area (Å²) in [5.41, 5.74) is 5.27. The summed E-state index contributed by atoms with van der Waals surface area (Å²) >= 11 is 0. The minimum atomic E-state index is -0.554. The number of ether oxygens (including phenoxy) is 2. The standard InChI is InChI=1S/C28H29N3O3/c1-33-24-16-22-23(17-25(24)34-2)30-28(32)26(22)27(20-8-4-3-5-9-20)29-21-12-10-19(11-13-21)18-31-14-6-7-15-31/h3-5,8-13,16-17,26H,6-7,14-15,18H2,1-2H3,(H,30,32). The Bertz CT molecular complexity index is 1200. The van der Waals surface area contributed by atoms with E-state index in [1.165, 1.54) is 31.5 Å². The maximum atomic E-state index is 13.2. The first-order chi connectivity index (χ1) is 16.7. The van der Waals surface area contributed by atoms with Crippen molar-refractivity contribution in [1.29, 1.82) is 0 Å². The second-order valence-corrected chi connectivity index (χ2v) is 8.73. The zero-order chi connectivity index (χ0) is 23.5. The minimum absolute atomic E-state index is 0.112. The van der Waals surface area contributed by atoms with Crippen LogP contribution in [0.4, 0.5) is 11.4 Å². The number of likely N-dealkylation sites (tertiary alicyclic amines) is 1. The largest absolute Gasteiger partial charge is 0.493 e. The molecule has 2 aliphatic heterocycles. The molecule has 1 atom stereocenters. The summed E-state index contributed by atoms with van der Waals surface area (Å²) in [5, 5.41) is 3.00. The number of nitrogens with zero attached hydrogens (tertiary/aromatic N) is 2. The molecule has 1 fully saturated rings. The van der Waals surface area contributed by atoms with Gasteiger partial charge in [0.15, 0.2) is 11.5 Å². The Labute approximate surface area is 200 Å². The maximum Gasteiger partial charge on any atom is 0.238 e. The molecule has 3 aromatic carbocycles. The number of methoxy groups -OCH3 is 2. The molecular formula is C28H29N3O3. The SMILES string of the molecule is COc1cc2c(cc1OC)C(C(=Nc1ccc(CN3CCCC3)cc1)c1ccccc1)C(=O)N2. The van der Waals surface area contributed by atoms with Gasteiger partial charge in [-0.25, -0.2) is 0 Å². The van der Waals surface area contributed by atoms with Crippen molar-refractivity contribution in [1.82, 2.24) is 4.90 Å². The number of rotatable bonds is 7. The third-order valence-electron chi connectivity index (χ3n) is 6.52. The van der Waals surface area contributed by atoms with Crippen molar-refractivity contribution in [2.45, 2.75) is 25.3 Å². The zero-order valence-electron chi connectivity index (χ0n) is 19.6. The number of benzene rings is 3. The van der Waals surface area contributed by atoms with Crippen molar-refractivity contribution in [3.05, 3.63) is 83.4 Å². The normalized spacial score (nSPS) is 18.0. The lowest BCUT2D eigenvalue weighted by atomic mass is 9.90. The molecule has 1 amide bonds. The fraction of sp³-hybridized carbons (Fsp3) is 0.286. The van der Waals surface area contributed by atoms with Crippen LogP contribution < -0.4 is 14.8 Å². The maximum absolute atomic E-state index is 13.2. The Morgan fingerprint density at radius 3 is 2.32 bits per heavy atom. The molecule has 1 N–H and O–H groups in total. The quantitative estimate of drug-likeness (QED) is 0.500. The van der Waals surface area contributed by atoms with Gasteiger partial charge in [-0.1, -0.05) is 42.5 Å². The van der Waals surface area contributed by atoms with E-state index in [1.54, 1.807) is 14.2 Å². The first kappa shape index (κ1) is 22.2. The van der Waals surface area contributed by atoms with Crippen molar-refractivity contribution in [2.24, 2.45) is 4.99 Å². The molecule has 6 heteroatoms. The van der Waals surface area contributed by atoms with Gasteiger partial charge in [0.2, 0.25) is 5.91 Å². The van der Waals surface area contributed by atoms with Crippen LogP contribution in [0, 0.1) is 0 Å². The Morgan fingerprint density at radius 2 is 1.65 bits per heavy atom. The number of hydrogen-bond donors (Lipinski definition) is 1. The van der Waals surface area contributed by atoms with E-state index in [0.29, 0.717) is 17.2 Å². The van der Waals surface area contributed by atoms with Gasteiger partial charge in [-0.3, -0.25) is 14.7 Å². The van der Waals surface area contributed by atoms with Crippen LogP contribution in [0.1, 0.15) is 35.4 Å². The van der Waals surface area contributed by atoms with E-state index in [4.69, 9.17) is 14.5 Å². The highest BCUT2D eigenvalue weighted by molar-refractivity contribution is 6.24. The van der Waals surface area contributed by atoms with Gasteiger partial charge in [-0.15, -0.1) is 0 Å². The molecule has 34 heavy (non-hydrogen) atoms. The van der Waals surface area contributed by atoms with E-state index in [9.17, 15) is 4.79 Å². The predicted octanol–water partition coefficient (Wildman–Crippen LogP) is 5.16. The molecule has 2 heterocycles. The second-order valence-electron chi connectivity index (χ2n) is 8.73. The van der Waals surface area contributed by atoms with Crippen molar-refractivity contribution < 1.29 is 14.3 Å². The Morgan fingerprint density at radius 1 is 0.971 bits per heavy atom. The molecule has 0 bridgehead atoms. The molecule has 6 nitrogen and oxygen atoms in total. The number of hydrogen-bond acceptors (Lipinski definition) is 5. The van der Waals surface area contributed by atoms with Crippen molar-refractivity contribution in [3.63, 3.8) is 0 Å². The third kappa shape index (κ3) is 4.41. The molecule has 2 aliphatic rings. The van der Waals surface area contributed by atoms with E-state index in [0.717, 1.165) is 29.0 Å². The molecular weight excluding hydrogens is 426 g/mol. The Hall–Kier alpha value is -3.64. The number of nitrogens with one attached hydrogen (secondary N) is 1. The number of carbonyl (C=O) groups excluding carboxylic acids is 1. The molecule has 0 aromatic heterocycles. The van der Waals surface area contributed by atoms with E-state index in [1.807, 2.05) is 54.6 Å². The van der Waals surface area contributed by atoms with Crippen LogP contribution in [-0.2, 0) is 11.3 Å². The Kier molecular flexibility index (Phi) is 6.32. The lowest BCUT2D eigenvalue weighted by molar-refractivity contribution is -0.115. The van der Waals surface area contributed by atoms with E-state index in [2.05, 4.69) is 22.3 Å². The summed E-state index contributed by atoms with van der Waals surface area (Å²) in [6, 6.07) is 21.9. The summed E-state index contributed by atoms with van der Waals surface area (Å²) < 4.78 is 10.9.